The van der Waals surface area contributed by atoms with E-state index in [1.807, 2.05) is 0 Å². The van der Waals surface area contributed by atoms with Crippen molar-refractivity contribution in [2.75, 3.05) is 26.8 Å². The quantitative estimate of drug-likeness (QED) is 0.501. The van der Waals surface area contributed by atoms with Gasteiger partial charge in [-0.3, -0.25) is 4.79 Å². The lowest BCUT2D eigenvalue weighted by molar-refractivity contribution is -0.137. The van der Waals surface area contributed by atoms with Crippen LogP contribution in [0.1, 0.15) is 19.3 Å². The molecule has 0 spiro atoms. The second-order valence-corrected chi connectivity index (χ2v) is 9.75. The lowest BCUT2D eigenvalue weighted by Gasteiger charge is -2.26. The van der Waals surface area contributed by atoms with Crippen LogP contribution in [0.5, 0.6) is 0 Å². The normalized spacial score (nSPS) is 29.5. The molecule has 168 valence electrons. The molecule has 5 atom stereocenters. The Hall–Kier alpha value is -1.27. The number of halogens is 1. The van der Waals surface area contributed by atoms with Crippen molar-refractivity contribution in [2.45, 2.75) is 54.6 Å². The summed E-state index contributed by atoms with van der Waals surface area (Å²) in [4.78, 5) is 14.4. The van der Waals surface area contributed by atoms with Crippen molar-refractivity contribution in [3.05, 3.63) is 29.3 Å². The molecule has 2 fully saturated rings. The maximum Gasteiger partial charge on any atom is 0.240 e. The van der Waals surface area contributed by atoms with E-state index in [1.165, 1.54) is 24.3 Å². The molecular weight excluding hydrogens is 436 g/mol. The van der Waals surface area contributed by atoms with Crippen LogP contribution in [0.25, 0.3) is 0 Å². The number of nitrogens with zero attached hydrogens (tertiary/aromatic N) is 1. The zero-order valence-corrected chi connectivity index (χ0v) is 18.2. The van der Waals surface area contributed by atoms with E-state index in [2.05, 4.69) is 4.72 Å². The molecule has 3 rings (SSSR count). The van der Waals surface area contributed by atoms with Gasteiger partial charge in [0.25, 0.3) is 0 Å². The molecule has 5 unspecified atom stereocenters. The summed E-state index contributed by atoms with van der Waals surface area (Å²) in [6.45, 7) is 0.810. The highest BCUT2D eigenvalue weighted by Gasteiger charge is 2.44. The molecule has 1 aromatic carbocycles. The minimum Gasteiger partial charge on any atom is -0.388 e. The van der Waals surface area contributed by atoms with Gasteiger partial charge in [-0.1, -0.05) is 11.6 Å². The molecular formula is C19H27ClN2O7S. The maximum atomic E-state index is 12.7. The number of carbonyl (C=O) groups excluding carboxylic acids is 1. The Kier molecular flexibility index (Phi) is 7.72. The molecule has 0 bridgehead atoms. The average molecular weight is 463 g/mol. The zero-order chi connectivity index (χ0) is 21.9. The molecule has 0 radical (unpaired) electrons. The number of benzene rings is 1. The molecule has 2 aliphatic rings. The molecule has 9 nitrogen and oxygen atoms in total. The predicted molar refractivity (Wildman–Crippen MR) is 109 cm³/mol. The van der Waals surface area contributed by atoms with E-state index >= 15 is 0 Å². The van der Waals surface area contributed by atoms with Gasteiger partial charge in [0, 0.05) is 25.2 Å². The first-order chi connectivity index (χ1) is 14.2. The van der Waals surface area contributed by atoms with E-state index < -0.39 is 34.4 Å². The van der Waals surface area contributed by atoms with Crippen molar-refractivity contribution in [1.29, 1.82) is 0 Å². The highest BCUT2D eigenvalue weighted by molar-refractivity contribution is 7.89. The minimum atomic E-state index is -3.84. The molecule has 3 N–H and O–H groups in total. The summed E-state index contributed by atoms with van der Waals surface area (Å²) in [6, 6.07) is 5.63. The average Bonchev–Trinajstić information content (AvgIpc) is 3.27. The molecule has 2 saturated heterocycles. The number of methoxy groups -OCH3 is 1. The largest absolute Gasteiger partial charge is 0.388 e. The van der Waals surface area contributed by atoms with Crippen molar-refractivity contribution in [1.82, 2.24) is 9.62 Å². The van der Waals surface area contributed by atoms with Crippen LogP contribution in [0.15, 0.2) is 29.2 Å². The topological polar surface area (TPSA) is 125 Å². The van der Waals surface area contributed by atoms with Crippen LogP contribution < -0.4 is 4.72 Å². The van der Waals surface area contributed by atoms with Crippen molar-refractivity contribution < 1.29 is 32.9 Å². The van der Waals surface area contributed by atoms with E-state index in [4.69, 9.17) is 21.1 Å². The van der Waals surface area contributed by atoms with Gasteiger partial charge >= 0.3 is 0 Å². The van der Waals surface area contributed by atoms with Crippen LogP contribution in [0, 0.1) is 0 Å². The number of aliphatic hydroxyl groups excluding tert-OH is 2. The molecule has 0 saturated carbocycles. The van der Waals surface area contributed by atoms with E-state index in [9.17, 15) is 23.4 Å². The van der Waals surface area contributed by atoms with Gasteiger partial charge in [-0.2, -0.15) is 0 Å². The summed E-state index contributed by atoms with van der Waals surface area (Å²) in [5.74, 6) is -0.187. The first-order valence-corrected chi connectivity index (χ1v) is 11.6. The molecule has 2 heterocycles. The van der Waals surface area contributed by atoms with Crippen molar-refractivity contribution in [3.63, 3.8) is 0 Å². The molecule has 0 aliphatic carbocycles. The smallest absolute Gasteiger partial charge is 0.240 e. The fraction of sp³-hybridized carbons (Fsp3) is 0.632. The van der Waals surface area contributed by atoms with Crippen molar-refractivity contribution in [2.24, 2.45) is 0 Å². The van der Waals surface area contributed by atoms with Crippen molar-refractivity contribution >= 4 is 27.5 Å². The van der Waals surface area contributed by atoms with Crippen LogP contribution in [0.4, 0.5) is 0 Å². The summed E-state index contributed by atoms with van der Waals surface area (Å²) >= 11 is 5.77. The molecule has 30 heavy (non-hydrogen) atoms. The fourth-order valence-corrected chi connectivity index (χ4v) is 5.04. The number of sulfonamides is 1. The van der Waals surface area contributed by atoms with Crippen LogP contribution in [0.3, 0.4) is 0 Å². The number of aliphatic hydroxyl groups is 2. The highest BCUT2D eigenvalue weighted by atomic mass is 35.5. The van der Waals surface area contributed by atoms with Crippen LogP contribution in [-0.2, 0) is 24.3 Å². The first kappa shape index (κ1) is 23.4. The fourth-order valence-electron chi connectivity index (χ4n) is 3.87. The van der Waals surface area contributed by atoms with Crippen molar-refractivity contribution in [3.8, 4) is 0 Å². The summed E-state index contributed by atoms with van der Waals surface area (Å²) < 4.78 is 37.9. The highest BCUT2D eigenvalue weighted by Crippen LogP contribution is 2.26. The SMILES string of the molecule is COCC1CCCN1C(=O)CC1OC(CNS(=O)(=O)c2ccc(Cl)cc2)C(O)C1O. The Morgan fingerprint density at radius 1 is 1.27 bits per heavy atom. The van der Waals surface area contributed by atoms with E-state index in [-0.39, 0.29) is 29.8 Å². The number of nitrogens with one attached hydrogen (secondary N) is 1. The Balaban J connectivity index is 1.57. The Labute approximate surface area is 181 Å². The summed E-state index contributed by atoms with van der Waals surface area (Å²) in [5, 5.41) is 21.0. The Bertz CT molecular complexity index is 836. The number of hydrogen-bond donors (Lipinski definition) is 3. The zero-order valence-electron chi connectivity index (χ0n) is 16.6. The van der Waals surface area contributed by atoms with Gasteiger partial charge < -0.3 is 24.6 Å². The van der Waals surface area contributed by atoms with E-state index in [0.717, 1.165) is 12.8 Å². The molecule has 1 aromatic rings. The van der Waals surface area contributed by atoms with Crippen LogP contribution >= 0.6 is 11.6 Å². The Morgan fingerprint density at radius 2 is 1.93 bits per heavy atom. The lowest BCUT2D eigenvalue weighted by atomic mass is 10.0. The molecule has 0 aromatic heterocycles. The molecule has 11 heteroatoms. The van der Waals surface area contributed by atoms with E-state index in [1.54, 1.807) is 12.0 Å². The van der Waals surface area contributed by atoms with Crippen LogP contribution in [0.2, 0.25) is 5.02 Å². The Morgan fingerprint density at radius 3 is 2.60 bits per heavy atom. The van der Waals surface area contributed by atoms with Gasteiger partial charge in [-0.05, 0) is 37.1 Å². The predicted octanol–water partition coefficient (Wildman–Crippen LogP) is 0.135. The van der Waals surface area contributed by atoms with Gasteiger partial charge in [0.1, 0.15) is 18.3 Å². The number of likely N-dealkylation sites (tertiary alicyclic amines) is 1. The number of ether oxygens (including phenoxy) is 2. The monoisotopic (exact) mass is 462 g/mol. The third kappa shape index (κ3) is 5.31. The van der Waals surface area contributed by atoms with Crippen LogP contribution in [-0.4, -0.2) is 86.7 Å². The van der Waals surface area contributed by atoms with E-state index in [0.29, 0.717) is 18.2 Å². The number of amides is 1. The third-order valence-electron chi connectivity index (χ3n) is 5.49. The first-order valence-electron chi connectivity index (χ1n) is 9.78. The minimum absolute atomic E-state index is 0.00653. The molecule has 2 aliphatic heterocycles. The number of carbonyl (C=O) groups is 1. The summed E-state index contributed by atoms with van der Waals surface area (Å²) in [5.41, 5.74) is 0. The summed E-state index contributed by atoms with van der Waals surface area (Å²) in [7, 11) is -2.26. The second kappa shape index (κ2) is 9.90. The summed E-state index contributed by atoms with van der Waals surface area (Å²) in [6.07, 6.45) is -2.86. The van der Waals surface area contributed by atoms with Gasteiger partial charge in [0.05, 0.1) is 30.1 Å². The van der Waals surface area contributed by atoms with Gasteiger partial charge in [0.15, 0.2) is 0 Å². The standard InChI is InChI=1S/C19H27ClN2O7S/c1-28-11-13-3-2-8-22(13)17(23)9-15-18(24)19(25)16(29-15)10-21-30(26,27)14-6-4-12(20)5-7-14/h4-7,13,15-16,18-19,21,24-25H,2-3,8-11H2,1H3. The third-order valence-corrected chi connectivity index (χ3v) is 7.18. The second-order valence-electron chi connectivity index (χ2n) is 7.54. The van der Waals surface area contributed by atoms with Gasteiger partial charge in [-0.25, -0.2) is 13.1 Å². The van der Waals surface area contributed by atoms with Gasteiger partial charge in [0.2, 0.25) is 15.9 Å². The maximum absolute atomic E-state index is 12.7. The number of rotatable bonds is 8. The van der Waals surface area contributed by atoms with Gasteiger partial charge in [-0.15, -0.1) is 0 Å². The number of hydrogen-bond acceptors (Lipinski definition) is 7. The molecule has 1 amide bonds. The lowest BCUT2D eigenvalue weighted by Crippen LogP contribution is -2.42.